The first-order valence-electron chi connectivity index (χ1n) is 7.76. The van der Waals surface area contributed by atoms with Gasteiger partial charge in [0.2, 0.25) is 0 Å². The molecule has 3 aromatic rings. The molecule has 0 bridgehead atoms. The minimum absolute atomic E-state index is 0.269. The first-order valence-corrected chi connectivity index (χ1v) is 9.37. The lowest BCUT2D eigenvalue weighted by Crippen LogP contribution is -2.13. The van der Waals surface area contributed by atoms with Crippen LogP contribution in [0.2, 0.25) is 0 Å². The van der Waals surface area contributed by atoms with Gasteiger partial charge >= 0.3 is 6.18 Å². The first-order chi connectivity index (χ1) is 12.8. The summed E-state index contributed by atoms with van der Waals surface area (Å²) in [7, 11) is 3.09. The largest absolute Gasteiger partial charge is 0.497 e. The maximum Gasteiger partial charge on any atom is 0.396 e. The lowest BCUT2D eigenvalue weighted by Gasteiger charge is -2.06. The third-order valence-electron chi connectivity index (χ3n) is 3.63. The number of thiophene rings is 1. The number of hydrogen-bond acceptors (Lipinski definition) is 5. The Hall–Kier alpha value is -2.07. The fourth-order valence-corrected chi connectivity index (χ4v) is 4.08. The molecule has 0 N–H and O–H groups in total. The van der Waals surface area contributed by atoms with Crippen LogP contribution in [0.25, 0.3) is 10.7 Å². The predicted molar refractivity (Wildman–Crippen MR) is 99.4 cm³/mol. The van der Waals surface area contributed by atoms with Crippen LogP contribution in [-0.2, 0) is 13.0 Å². The van der Waals surface area contributed by atoms with Crippen LogP contribution in [0.15, 0.2) is 34.8 Å². The highest BCUT2D eigenvalue weighted by Gasteiger charge is 2.31. The zero-order valence-corrected chi connectivity index (χ0v) is 16.8. The van der Waals surface area contributed by atoms with Crippen LogP contribution in [-0.4, -0.2) is 35.2 Å². The average Bonchev–Trinajstić information content (AvgIpc) is 3.17. The zero-order valence-electron chi connectivity index (χ0n) is 14.4. The van der Waals surface area contributed by atoms with E-state index in [-0.39, 0.29) is 12.4 Å². The first kappa shape index (κ1) is 19.7. The highest BCUT2D eigenvalue weighted by Crippen LogP contribution is 2.40. The fraction of sp³-hybridized carbons (Fsp3) is 0.294. The lowest BCUT2D eigenvalue weighted by atomic mass is 10.2. The van der Waals surface area contributed by atoms with E-state index < -0.39 is 12.6 Å². The second kappa shape index (κ2) is 7.89. The molecule has 0 aliphatic heterocycles. The second-order valence-electron chi connectivity index (χ2n) is 5.60. The Kier molecular flexibility index (Phi) is 5.75. The summed E-state index contributed by atoms with van der Waals surface area (Å²) in [6.07, 6.45) is -5.56. The number of halogens is 4. The van der Waals surface area contributed by atoms with Gasteiger partial charge in [-0.15, -0.1) is 0 Å². The summed E-state index contributed by atoms with van der Waals surface area (Å²) in [4.78, 5) is 4.79. The Morgan fingerprint density at radius 1 is 1.15 bits per heavy atom. The molecule has 0 saturated heterocycles. The third kappa shape index (κ3) is 4.81. The second-order valence-corrected chi connectivity index (χ2v) is 7.47. The van der Waals surface area contributed by atoms with E-state index in [0.29, 0.717) is 26.0 Å². The van der Waals surface area contributed by atoms with E-state index in [4.69, 9.17) is 9.47 Å². The summed E-state index contributed by atoms with van der Waals surface area (Å²) in [5, 5.41) is 4.69. The van der Waals surface area contributed by atoms with Crippen molar-refractivity contribution in [1.82, 2.24) is 14.8 Å². The van der Waals surface area contributed by atoms with Crippen molar-refractivity contribution in [2.75, 3.05) is 14.2 Å². The number of ether oxygens (including phenoxy) is 2. The Morgan fingerprint density at radius 3 is 2.41 bits per heavy atom. The van der Waals surface area contributed by atoms with E-state index in [9.17, 15) is 13.2 Å². The SMILES string of the molecule is COc1ccc(Cn2nc(CC(F)(F)F)nc2-c2cc(Br)c(OC)s2)cc1. The lowest BCUT2D eigenvalue weighted by molar-refractivity contribution is -0.128. The smallest absolute Gasteiger partial charge is 0.396 e. The van der Waals surface area contributed by atoms with Gasteiger partial charge in [0.15, 0.2) is 16.7 Å². The predicted octanol–water partition coefficient (Wildman–Crippen LogP) is 4.94. The van der Waals surface area contributed by atoms with Crippen LogP contribution in [0.1, 0.15) is 11.4 Å². The van der Waals surface area contributed by atoms with Crippen molar-refractivity contribution >= 4 is 27.3 Å². The molecule has 144 valence electrons. The molecular formula is C17H15BrF3N3O2S. The molecule has 27 heavy (non-hydrogen) atoms. The summed E-state index contributed by atoms with van der Waals surface area (Å²) >= 11 is 4.65. The molecule has 1 aromatic carbocycles. The molecule has 0 unspecified atom stereocenters. The topological polar surface area (TPSA) is 49.2 Å². The molecule has 0 amide bonds. The molecule has 0 radical (unpaired) electrons. The van der Waals surface area contributed by atoms with Gasteiger partial charge in [-0.3, -0.25) is 0 Å². The maximum atomic E-state index is 12.8. The fourth-order valence-electron chi connectivity index (χ4n) is 2.44. The van der Waals surface area contributed by atoms with Crippen molar-refractivity contribution in [3.05, 3.63) is 46.2 Å². The van der Waals surface area contributed by atoms with Gasteiger partial charge in [0.25, 0.3) is 0 Å². The summed E-state index contributed by atoms with van der Waals surface area (Å²) in [6.45, 7) is 0.280. The minimum Gasteiger partial charge on any atom is -0.497 e. The van der Waals surface area contributed by atoms with Crippen molar-refractivity contribution in [3.63, 3.8) is 0 Å². The monoisotopic (exact) mass is 461 g/mol. The van der Waals surface area contributed by atoms with Crippen molar-refractivity contribution in [2.45, 2.75) is 19.1 Å². The number of alkyl halides is 3. The number of benzene rings is 1. The number of aromatic nitrogens is 3. The van der Waals surface area contributed by atoms with Crippen LogP contribution < -0.4 is 9.47 Å². The van der Waals surface area contributed by atoms with Gasteiger partial charge in [-0.1, -0.05) is 23.5 Å². The van der Waals surface area contributed by atoms with Gasteiger partial charge in [-0.25, -0.2) is 9.67 Å². The van der Waals surface area contributed by atoms with Crippen molar-refractivity contribution in [1.29, 1.82) is 0 Å². The number of hydrogen-bond donors (Lipinski definition) is 0. The van der Waals surface area contributed by atoms with Crippen LogP contribution in [0, 0.1) is 0 Å². The quantitative estimate of drug-likeness (QED) is 0.521. The van der Waals surface area contributed by atoms with E-state index in [1.807, 2.05) is 12.1 Å². The van der Waals surface area contributed by atoms with Gasteiger partial charge < -0.3 is 9.47 Å². The maximum absolute atomic E-state index is 12.8. The highest BCUT2D eigenvalue weighted by atomic mass is 79.9. The molecule has 0 saturated carbocycles. The average molecular weight is 462 g/mol. The number of nitrogens with zero attached hydrogens (tertiary/aromatic N) is 3. The molecule has 0 atom stereocenters. The molecule has 0 fully saturated rings. The number of rotatable bonds is 6. The molecule has 2 aromatic heterocycles. The van der Waals surface area contributed by atoms with Crippen molar-refractivity contribution in [2.24, 2.45) is 0 Å². The molecule has 0 spiro atoms. The zero-order chi connectivity index (χ0) is 19.6. The summed E-state index contributed by atoms with van der Waals surface area (Å²) in [6, 6.07) is 8.99. The summed E-state index contributed by atoms with van der Waals surface area (Å²) < 4.78 is 50.9. The molecule has 0 aliphatic carbocycles. The normalized spacial score (nSPS) is 11.6. The standard InChI is InChI=1S/C17H15BrF3N3O2S/c1-25-11-5-3-10(4-6-11)9-24-15(13-7-12(18)16(26-2)27-13)22-14(23-24)8-17(19,20)21/h3-7H,8-9H2,1-2H3. The summed E-state index contributed by atoms with van der Waals surface area (Å²) in [5.74, 6) is 0.788. The Balaban J connectivity index is 1.98. The van der Waals surface area contributed by atoms with E-state index in [0.717, 1.165) is 5.56 Å². The molecule has 10 heteroatoms. The van der Waals surface area contributed by atoms with E-state index in [1.54, 1.807) is 25.3 Å². The molecule has 5 nitrogen and oxygen atoms in total. The Labute approximate surface area is 165 Å². The van der Waals surface area contributed by atoms with E-state index >= 15 is 0 Å². The van der Waals surface area contributed by atoms with Gasteiger partial charge in [0, 0.05) is 0 Å². The molecular weight excluding hydrogens is 447 g/mol. The van der Waals surface area contributed by atoms with Crippen LogP contribution in [0.4, 0.5) is 13.2 Å². The highest BCUT2D eigenvalue weighted by molar-refractivity contribution is 9.10. The van der Waals surface area contributed by atoms with E-state index in [2.05, 4.69) is 26.0 Å². The number of methoxy groups -OCH3 is 2. The molecule has 2 heterocycles. The van der Waals surface area contributed by atoms with E-state index in [1.165, 1.54) is 23.1 Å². The third-order valence-corrected chi connectivity index (χ3v) is 5.57. The minimum atomic E-state index is -4.38. The van der Waals surface area contributed by atoms with Crippen molar-refractivity contribution in [3.8, 4) is 21.5 Å². The summed E-state index contributed by atoms with van der Waals surface area (Å²) in [5.41, 5.74) is 0.864. The molecule has 0 aliphatic rings. The molecule has 3 rings (SSSR count). The van der Waals surface area contributed by atoms with Crippen LogP contribution >= 0.6 is 27.3 Å². The Morgan fingerprint density at radius 2 is 1.85 bits per heavy atom. The van der Waals surface area contributed by atoms with Crippen LogP contribution in [0.3, 0.4) is 0 Å². The Bertz CT molecular complexity index is 923. The van der Waals surface area contributed by atoms with Gasteiger partial charge in [0.1, 0.15) is 12.2 Å². The van der Waals surface area contributed by atoms with Gasteiger partial charge in [0.05, 0.1) is 30.1 Å². The van der Waals surface area contributed by atoms with Crippen molar-refractivity contribution < 1.29 is 22.6 Å². The van der Waals surface area contributed by atoms with Gasteiger partial charge in [-0.05, 0) is 39.7 Å². The van der Waals surface area contributed by atoms with Crippen LogP contribution in [0.5, 0.6) is 10.8 Å². The van der Waals surface area contributed by atoms with Gasteiger partial charge in [-0.2, -0.15) is 18.3 Å².